The standard InChI is InChI=1S/C12H24/c1-4-12(10(2)3)11-8-6-5-7-9-11/h10-12H,4-9H2,1-3H3/t12-/m0/s1. The SMILES string of the molecule is CC[C@@H](C(C)C)C1CCCCC1. The van der Waals surface area contributed by atoms with Crippen LogP contribution < -0.4 is 0 Å². The molecule has 0 nitrogen and oxygen atoms in total. The van der Waals surface area contributed by atoms with E-state index < -0.39 is 0 Å². The van der Waals surface area contributed by atoms with Gasteiger partial charge in [0, 0.05) is 0 Å². The number of hydrogen-bond donors (Lipinski definition) is 0. The maximum atomic E-state index is 2.39. The first-order valence-corrected chi connectivity index (χ1v) is 5.75. The van der Waals surface area contributed by atoms with Gasteiger partial charge in [-0.2, -0.15) is 0 Å². The van der Waals surface area contributed by atoms with E-state index in [1.54, 1.807) is 0 Å². The fraction of sp³-hybridized carbons (Fsp3) is 1.00. The van der Waals surface area contributed by atoms with Crippen molar-refractivity contribution in [3.63, 3.8) is 0 Å². The number of hydrogen-bond acceptors (Lipinski definition) is 0. The van der Waals surface area contributed by atoms with Gasteiger partial charge in [0.15, 0.2) is 0 Å². The summed E-state index contributed by atoms with van der Waals surface area (Å²) in [7, 11) is 0. The van der Waals surface area contributed by atoms with Gasteiger partial charge in [0.2, 0.25) is 0 Å². The van der Waals surface area contributed by atoms with Gasteiger partial charge in [-0.05, 0) is 17.8 Å². The highest BCUT2D eigenvalue weighted by Crippen LogP contribution is 2.35. The van der Waals surface area contributed by atoms with Crippen molar-refractivity contribution < 1.29 is 0 Å². The van der Waals surface area contributed by atoms with Crippen molar-refractivity contribution in [2.75, 3.05) is 0 Å². The average Bonchev–Trinajstić information content (AvgIpc) is 2.07. The van der Waals surface area contributed by atoms with E-state index in [4.69, 9.17) is 0 Å². The molecule has 0 unspecified atom stereocenters. The summed E-state index contributed by atoms with van der Waals surface area (Å²) in [6.45, 7) is 7.14. The number of rotatable bonds is 3. The van der Waals surface area contributed by atoms with E-state index in [0.29, 0.717) is 0 Å². The van der Waals surface area contributed by atoms with Crippen LogP contribution in [0.1, 0.15) is 59.3 Å². The fourth-order valence-corrected chi connectivity index (χ4v) is 2.91. The third-order valence-electron chi connectivity index (χ3n) is 3.58. The molecule has 0 aromatic heterocycles. The summed E-state index contributed by atoms with van der Waals surface area (Å²) in [6.07, 6.45) is 8.89. The molecule has 0 heterocycles. The second-order valence-electron chi connectivity index (χ2n) is 4.71. The molecule has 1 atom stereocenters. The van der Waals surface area contributed by atoms with E-state index >= 15 is 0 Å². The highest BCUT2D eigenvalue weighted by atomic mass is 14.3. The Kier molecular flexibility index (Phi) is 4.11. The zero-order chi connectivity index (χ0) is 8.97. The molecule has 1 saturated carbocycles. The molecular weight excluding hydrogens is 144 g/mol. The van der Waals surface area contributed by atoms with Crippen molar-refractivity contribution >= 4 is 0 Å². The van der Waals surface area contributed by atoms with Crippen molar-refractivity contribution in [3.05, 3.63) is 0 Å². The second kappa shape index (κ2) is 4.89. The molecule has 1 fully saturated rings. The summed E-state index contributed by atoms with van der Waals surface area (Å²) in [5.74, 6) is 2.96. The highest BCUT2D eigenvalue weighted by molar-refractivity contribution is 4.75. The molecule has 1 aliphatic rings. The van der Waals surface area contributed by atoms with Crippen LogP contribution >= 0.6 is 0 Å². The Labute approximate surface area is 77.7 Å². The Morgan fingerprint density at radius 1 is 1.08 bits per heavy atom. The lowest BCUT2D eigenvalue weighted by Crippen LogP contribution is -2.21. The monoisotopic (exact) mass is 168 g/mol. The van der Waals surface area contributed by atoms with Gasteiger partial charge in [0.1, 0.15) is 0 Å². The van der Waals surface area contributed by atoms with Gasteiger partial charge in [-0.15, -0.1) is 0 Å². The van der Waals surface area contributed by atoms with Gasteiger partial charge in [0.05, 0.1) is 0 Å². The highest BCUT2D eigenvalue weighted by Gasteiger charge is 2.24. The van der Waals surface area contributed by atoms with E-state index in [9.17, 15) is 0 Å². The Balaban J connectivity index is 2.40. The van der Waals surface area contributed by atoms with Crippen molar-refractivity contribution in [1.29, 1.82) is 0 Å². The first-order valence-electron chi connectivity index (χ1n) is 5.75. The molecule has 0 aromatic carbocycles. The minimum atomic E-state index is 0.901. The van der Waals surface area contributed by atoms with Crippen LogP contribution in [0.2, 0.25) is 0 Å². The zero-order valence-corrected chi connectivity index (χ0v) is 8.97. The topological polar surface area (TPSA) is 0 Å². The normalized spacial score (nSPS) is 23.0. The van der Waals surface area contributed by atoms with Gasteiger partial charge in [-0.3, -0.25) is 0 Å². The van der Waals surface area contributed by atoms with E-state index in [-0.39, 0.29) is 0 Å². The molecule has 72 valence electrons. The quantitative estimate of drug-likeness (QED) is 0.591. The van der Waals surface area contributed by atoms with Crippen LogP contribution in [0.3, 0.4) is 0 Å². The smallest absolute Gasteiger partial charge is 0.0365 e. The van der Waals surface area contributed by atoms with Gasteiger partial charge >= 0.3 is 0 Å². The molecule has 0 aliphatic heterocycles. The summed E-state index contributed by atoms with van der Waals surface area (Å²) in [4.78, 5) is 0. The van der Waals surface area contributed by atoms with Crippen molar-refractivity contribution in [2.24, 2.45) is 17.8 Å². The maximum absolute atomic E-state index is 2.39. The molecule has 0 bridgehead atoms. The maximum Gasteiger partial charge on any atom is -0.0365 e. The average molecular weight is 168 g/mol. The molecule has 1 aliphatic carbocycles. The predicted molar refractivity (Wildman–Crippen MR) is 55.2 cm³/mol. The predicted octanol–water partition coefficient (Wildman–Crippen LogP) is 4.25. The van der Waals surface area contributed by atoms with Crippen LogP contribution in [0.5, 0.6) is 0 Å². The molecule has 0 N–H and O–H groups in total. The van der Waals surface area contributed by atoms with Crippen LogP contribution in [0, 0.1) is 17.8 Å². The fourth-order valence-electron chi connectivity index (χ4n) is 2.91. The summed E-state index contributed by atoms with van der Waals surface area (Å²) >= 11 is 0. The Bertz CT molecular complexity index is 109. The van der Waals surface area contributed by atoms with Gasteiger partial charge in [-0.1, -0.05) is 59.3 Å². The van der Waals surface area contributed by atoms with E-state index in [1.165, 1.54) is 38.5 Å². The van der Waals surface area contributed by atoms with E-state index in [2.05, 4.69) is 20.8 Å². The molecule has 0 heteroatoms. The van der Waals surface area contributed by atoms with Gasteiger partial charge in [0.25, 0.3) is 0 Å². The van der Waals surface area contributed by atoms with Crippen LogP contribution in [-0.4, -0.2) is 0 Å². The molecule has 0 amide bonds. The third kappa shape index (κ3) is 2.50. The Morgan fingerprint density at radius 2 is 1.67 bits per heavy atom. The van der Waals surface area contributed by atoms with Crippen molar-refractivity contribution in [3.8, 4) is 0 Å². The summed E-state index contributed by atoms with van der Waals surface area (Å²) in [6, 6.07) is 0. The van der Waals surface area contributed by atoms with Gasteiger partial charge < -0.3 is 0 Å². The minimum absolute atomic E-state index is 0.901. The van der Waals surface area contributed by atoms with Crippen molar-refractivity contribution in [1.82, 2.24) is 0 Å². The van der Waals surface area contributed by atoms with E-state index in [1.807, 2.05) is 0 Å². The van der Waals surface area contributed by atoms with Crippen LogP contribution in [0.15, 0.2) is 0 Å². The van der Waals surface area contributed by atoms with Crippen LogP contribution in [-0.2, 0) is 0 Å². The second-order valence-corrected chi connectivity index (χ2v) is 4.71. The summed E-state index contributed by atoms with van der Waals surface area (Å²) in [5, 5.41) is 0. The van der Waals surface area contributed by atoms with Crippen molar-refractivity contribution in [2.45, 2.75) is 59.3 Å². The molecule has 0 radical (unpaired) electrons. The summed E-state index contributed by atoms with van der Waals surface area (Å²) < 4.78 is 0. The molecular formula is C12H24. The third-order valence-corrected chi connectivity index (χ3v) is 3.58. The molecule has 0 saturated heterocycles. The molecule has 0 spiro atoms. The Hall–Kier alpha value is 0. The zero-order valence-electron chi connectivity index (χ0n) is 8.97. The molecule has 12 heavy (non-hydrogen) atoms. The molecule has 0 aromatic rings. The van der Waals surface area contributed by atoms with E-state index in [0.717, 1.165) is 17.8 Å². The lowest BCUT2D eigenvalue weighted by Gasteiger charge is -2.32. The minimum Gasteiger partial charge on any atom is -0.0651 e. The van der Waals surface area contributed by atoms with Crippen LogP contribution in [0.25, 0.3) is 0 Å². The lowest BCUT2D eigenvalue weighted by molar-refractivity contribution is 0.190. The first kappa shape index (κ1) is 10.1. The molecule has 1 rings (SSSR count). The Morgan fingerprint density at radius 3 is 2.08 bits per heavy atom. The largest absolute Gasteiger partial charge is 0.0651 e. The first-order chi connectivity index (χ1) is 5.75. The van der Waals surface area contributed by atoms with Crippen LogP contribution in [0.4, 0.5) is 0 Å². The van der Waals surface area contributed by atoms with Gasteiger partial charge in [-0.25, -0.2) is 0 Å². The lowest BCUT2D eigenvalue weighted by atomic mass is 9.74. The summed E-state index contributed by atoms with van der Waals surface area (Å²) in [5.41, 5.74) is 0.